The molecule has 1 saturated heterocycles. The van der Waals surface area contributed by atoms with Gasteiger partial charge in [-0.05, 0) is 43.1 Å². The van der Waals surface area contributed by atoms with Crippen molar-refractivity contribution in [3.8, 4) is 0 Å². The van der Waals surface area contributed by atoms with Crippen LogP contribution in [0.3, 0.4) is 0 Å². The summed E-state index contributed by atoms with van der Waals surface area (Å²) in [5.41, 5.74) is 0.552. The number of carbonyl (C=O) groups excluding carboxylic acids is 1. The van der Waals surface area contributed by atoms with Crippen LogP contribution in [-0.4, -0.2) is 25.5 Å². The molecule has 0 radical (unpaired) electrons. The van der Waals surface area contributed by atoms with E-state index in [1.165, 1.54) is 12.1 Å². The molecule has 1 aromatic rings. The number of carbonyl (C=O) groups is 1. The summed E-state index contributed by atoms with van der Waals surface area (Å²) in [6.45, 7) is 4.06. The van der Waals surface area contributed by atoms with Crippen molar-refractivity contribution < 1.29 is 13.6 Å². The molecule has 3 nitrogen and oxygen atoms in total. The van der Waals surface area contributed by atoms with Gasteiger partial charge in [-0.2, -0.15) is 0 Å². The van der Waals surface area contributed by atoms with Crippen LogP contribution in [0.4, 0.5) is 8.78 Å². The van der Waals surface area contributed by atoms with Crippen LogP contribution < -0.4 is 10.6 Å². The first-order chi connectivity index (χ1) is 9.06. The minimum atomic E-state index is -0.588. The maximum absolute atomic E-state index is 13.0. The van der Waals surface area contributed by atoms with Crippen LogP contribution >= 0.6 is 12.4 Å². The van der Waals surface area contributed by atoms with Crippen molar-refractivity contribution in [2.75, 3.05) is 19.6 Å². The molecule has 1 amide bonds. The zero-order chi connectivity index (χ0) is 13.8. The quantitative estimate of drug-likeness (QED) is 0.872. The predicted octanol–water partition coefficient (Wildman–Crippen LogP) is 1.90. The first kappa shape index (κ1) is 16.9. The van der Waals surface area contributed by atoms with Crippen molar-refractivity contribution in [1.82, 2.24) is 10.6 Å². The first-order valence-corrected chi connectivity index (χ1v) is 6.49. The molecule has 1 aliphatic rings. The minimum absolute atomic E-state index is 0. The highest BCUT2D eigenvalue weighted by Crippen LogP contribution is 2.15. The third-order valence-corrected chi connectivity index (χ3v) is 3.57. The van der Waals surface area contributed by atoms with Gasteiger partial charge in [0.05, 0.1) is 0 Å². The van der Waals surface area contributed by atoms with E-state index in [0.717, 1.165) is 19.2 Å². The van der Waals surface area contributed by atoms with Crippen LogP contribution in [0, 0.1) is 23.5 Å². The van der Waals surface area contributed by atoms with Gasteiger partial charge in [0.2, 0.25) is 5.91 Å². The SMILES string of the molecule is CC(C(=O)NCCc1cc(F)cc(F)c1)C1CNC1.Cl. The number of hydrogen-bond donors (Lipinski definition) is 2. The monoisotopic (exact) mass is 304 g/mol. The Morgan fingerprint density at radius 3 is 2.45 bits per heavy atom. The van der Waals surface area contributed by atoms with Crippen LogP contribution in [0.2, 0.25) is 0 Å². The Balaban J connectivity index is 0.00000200. The third-order valence-electron chi connectivity index (χ3n) is 3.57. The van der Waals surface area contributed by atoms with E-state index < -0.39 is 11.6 Å². The van der Waals surface area contributed by atoms with Crippen LogP contribution in [0.15, 0.2) is 18.2 Å². The van der Waals surface area contributed by atoms with Crippen LogP contribution in [0.25, 0.3) is 0 Å². The molecule has 20 heavy (non-hydrogen) atoms. The highest BCUT2D eigenvalue weighted by Gasteiger charge is 2.28. The van der Waals surface area contributed by atoms with Gasteiger partial charge in [-0.1, -0.05) is 6.92 Å². The summed E-state index contributed by atoms with van der Waals surface area (Å²) in [7, 11) is 0. The van der Waals surface area contributed by atoms with Gasteiger partial charge in [-0.3, -0.25) is 4.79 Å². The van der Waals surface area contributed by atoms with E-state index in [9.17, 15) is 13.6 Å². The van der Waals surface area contributed by atoms with Crippen LogP contribution in [0.1, 0.15) is 12.5 Å². The smallest absolute Gasteiger partial charge is 0.223 e. The van der Waals surface area contributed by atoms with Crippen molar-refractivity contribution in [2.24, 2.45) is 11.8 Å². The van der Waals surface area contributed by atoms with Gasteiger partial charge in [-0.25, -0.2) is 8.78 Å². The molecule has 0 spiro atoms. The molecule has 1 fully saturated rings. The molecule has 6 heteroatoms. The Morgan fingerprint density at radius 1 is 1.35 bits per heavy atom. The Hall–Kier alpha value is -1.20. The van der Waals surface area contributed by atoms with E-state index in [2.05, 4.69) is 10.6 Å². The Kier molecular flexibility index (Phi) is 6.36. The molecule has 0 aliphatic carbocycles. The number of halogens is 3. The molecule has 112 valence electrons. The summed E-state index contributed by atoms with van der Waals surface area (Å²) >= 11 is 0. The van der Waals surface area contributed by atoms with E-state index in [-0.39, 0.29) is 24.2 Å². The zero-order valence-corrected chi connectivity index (χ0v) is 12.1. The number of amides is 1. The third kappa shape index (κ3) is 4.42. The Morgan fingerprint density at radius 2 is 1.95 bits per heavy atom. The Bertz CT molecular complexity index is 446. The standard InChI is InChI=1S/C14H18F2N2O.ClH/c1-9(11-7-17-8-11)14(19)18-3-2-10-4-12(15)6-13(16)5-10;/h4-6,9,11,17H,2-3,7-8H2,1H3,(H,18,19);1H. The summed E-state index contributed by atoms with van der Waals surface area (Å²) in [5.74, 6) is -0.800. The average Bonchev–Trinajstić information content (AvgIpc) is 2.25. The van der Waals surface area contributed by atoms with Gasteiger partial charge in [0, 0.05) is 18.5 Å². The lowest BCUT2D eigenvalue weighted by Crippen LogP contribution is -2.49. The number of nitrogens with one attached hydrogen (secondary N) is 2. The van der Waals surface area contributed by atoms with Crippen molar-refractivity contribution in [3.05, 3.63) is 35.4 Å². The number of rotatable bonds is 5. The van der Waals surface area contributed by atoms with Crippen molar-refractivity contribution in [3.63, 3.8) is 0 Å². The normalized spacial score (nSPS) is 15.9. The maximum Gasteiger partial charge on any atom is 0.223 e. The lowest BCUT2D eigenvalue weighted by Gasteiger charge is -2.31. The molecule has 2 N–H and O–H groups in total. The number of hydrogen-bond acceptors (Lipinski definition) is 2. The fraction of sp³-hybridized carbons (Fsp3) is 0.500. The molecule has 0 bridgehead atoms. The van der Waals surface area contributed by atoms with E-state index in [4.69, 9.17) is 0 Å². The molecule has 1 aromatic carbocycles. The lowest BCUT2D eigenvalue weighted by molar-refractivity contribution is -0.126. The molecule has 1 aliphatic heterocycles. The van der Waals surface area contributed by atoms with Gasteiger partial charge in [-0.15, -0.1) is 12.4 Å². The Labute approximate surface area is 123 Å². The van der Waals surface area contributed by atoms with Crippen LogP contribution in [-0.2, 0) is 11.2 Å². The van der Waals surface area contributed by atoms with Crippen molar-refractivity contribution >= 4 is 18.3 Å². The highest BCUT2D eigenvalue weighted by molar-refractivity contribution is 5.85. The molecule has 0 aromatic heterocycles. The second-order valence-corrected chi connectivity index (χ2v) is 5.03. The molecular formula is C14H19ClF2N2O. The summed E-state index contributed by atoms with van der Waals surface area (Å²) in [4.78, 5) is 11.8. The van der Waals surface area contributed by atoms with E-state index in [1.807, 2.05) is 6.92 Å². The van der Waals surface area contributed by atoms with E-state index >= 15 is 0 Å². The fourth-order valence-electron chi connectivity index (χ4n) is 2.12. The predicted molar refractivity (Wildman–Crippen MR) is 75.8 cm³/mol. The van der Waals surface area contributed by atoms with Crippen molar-refractivity contribution in [2.45, 2.75) is 13.3 Å². The van der Waals surface area contributed by atoms with E-state index in [1.54, 1.807) is 0 Å². The second kappa shape index (κ2) is 7.55. The van der Waals surface area contributed by atoms with Crippen LogP contribution in [0.5, 0.6) is 0 Å². The largest absolute Gasteiger partial charge is 0.356 e. The lowest BCUT2D eigenvalue weighted by atomic mass is 9.88. The number of benzene rings is 1. The van der Waals surface area contributed by atoms with Gasteiger partial charge in [0.15, 0.2) is 0 Å². The van der Waals surface area contributed by atoms with Crippen molar-refractivity contribution in [1.29, 1.82) is 0 Å². The molecule has 1 unspecified atom stereocenters. The van der Waals surface area contributed by atoms with Gasteiger partial charge >= 0.3 is 0 Å². The van der Waals surface area contributed by atoms with Gasteiger partial charge < -0.3 is 10.6 Å². The van der Waals surface area contributed by atoms with E-state index in [0.29, 0.717) is 24.4 Å². The minimum Gasteiger partial charge on any atom is -0.356 e. The summed E-state index contributed by atoms with van der Waals surface area (Å²) in [5, 5.41) is 5.94. The fourth-order valence-corrected chi connectivity index (χ4v) is 2.12. The molecular weight excluding hydrogens is 286 g/mol. The highest BCUT2D eigenvalue weighted by atomic mass is 35.5. The zero-order valence-electron chi connectivity index (χ0n) is 11.3. The second-order valence-electron chi connectivity index (χ2n) is 5.03. The topological polar surface area (TPSA) is 41.1 Å². The summed E-state index contributed by atoms with van der Waals surface area (Å²) in [6.07, 6.45) is 0.427. The van der Waals surface area contributed by atoms with Gasteiger partial charge in [0.1, 0.15) is 11.6 Å². The summed E-state index contributed by atoms with van der Waals surface area (Å²) in [6, 6.07) is 3.41. The maximum atomic E-state index is 13.0. The molecule has 0 saturated carbocycles. The molecule has 1 heterocycles. The molecule has 1 atom stereocenters. The van der Waals surface area contributed by atoms with Gasteiger partial charge in [0.25, 0.3) is 0 Å². The first-order valence-electron chi connectivity index (χ1n) is 6.49. The molecule has 2 rings (SSSR count). The average molecular weight is 305 g/mol. The summed E-state index contributed by atoms with van der Waals surface area (Å²) < 4.78 is 25.9.